The van der Waals surface area contributed by atoms with E-state index >= 15 is 0 Å². The second kappa shape index (κ2) is 3.14. The van der Waals surface area contributed by atoms with Crippen LogP contribution in [0.1, 0.15) is 17.3 Å². The van der Waals surface area contributed by atoms with Gasteiger partial charge in [0, 0.05) is 17.2 Å². The number of ketones is 1. The summed E-state index contributed by atoms with van der Waals surface area (Å²) in [4.78, 5) is 12.1. The lowest BCUT2D eigenvalue weighted by atomic mass is 10.0. The van der Waals surface area contributed by atoms with Gasteiger partial charge < -0.3 is 0 Å². The number of halogens is 1. The normalized spacial score (nSPS) is 21.4. The molecule has 1 atom stereocenters. The second-order valence-electron chi connectivity index (χ2n) is 3.19. The fourth-order valence-corrected chi connectivity index (χ4v) is 2.50. The minimum Gasteiger partial charge on any atom is -0.294 e. The molecule has 0 saturated heterocycles. The van der Waals surface area contributed by atoms with E-state index in [0.717, 1.165) is 0 Å². The van der Waals surface area contributed by atoms with Gasteiger partial charge in [0.05, 0.1) is 4.90 Å². The molecule has 0 saturated carbocycles. The van der Waals surface area contributed by atoms with Gasteiger partial charge in [0.25, 0.3) is 0 Å². The van der Waals surface area contributed by atoms with Crippen LogP contribution in [0.5, 0.6) is 0 Å². The molecule has 2 rings (SSSR count). The zero-order valence-electron chi connectivity index (χ0n) is 7.21. The SMILES string of the molecule is CC1CSc2c(F)cccc2C1=O. The first-order chi connectivity index (χ1) is 6.20. The van der Waals surface area contributed by atoms with Gasteiger partial charge in [-0.2, -0.15) is 0 Å². The topological polar surface area (TPSA) is 17.1 Å². The molecule has 0 spiro atoms. The summed E-state index contributed by atoms with van der Waals surface area (Å²) in [6, 6.07) is 4.68. The van der Waals surface area contributed by atoms with Crippen molar-refractivity contribution in [2.24, 2.45) is 5.92 Å². The highest BCUT2D eigenvalue weighted by Gasteiger charge is 2.26. The number of fused-ring (bicyclic) bond motifs is 1. The predicted octanol–water partition coefficient (Wildman–Crippen LogP) is 2.75. The quantitative estimate of drug-likeness (QED) is 0.634. The molecule has 1 aromatic rings. The van der Waals surface area contributed by atoms with Gasteiger partial charge in [-0.3, -0.25) is 4.79 Å². The Bertz CT molecular complexity index is 362. The van der Waals surface area contributed by atoms with Crippen molar-refractivity contribution in [2.45, 2.75) is 11.8 Å². The number of rotatable bonds is 0. The van der Waals surface area contributed by atoms with Crippen molar-refractivity contribution in [3.05, 3.63) is 29.6 Å². The summed E-state index contributed by atoms with van der Waals surface area (Å²) < 4.78 is 13.2. The standard InChI is InChI=1S/C10H9FOS/c1-6-5-13-10-7(9(6)12)3-2-4-8(10)11/h2-4,6H,5H2,1H3. The summed E-state index contributed by atoms with van der Waals surface area (Å²) in [6.45, 7) is 1.88. The van der Waals surface area contributed by atoms with Crippen LogP contribution in [0.15, 0.2) is 23.1 Å². The molecular formula is C10H9FOS. The predicted molar refractivity (Wildman–Crippen MR) is 50.6 cm³/mol. The van der Waals surface area contributed by atoms with E-state index in [-0.39, 0.29) is 17.5 Å². The Labute approximate surface area is 80.3 Å². The van der Waals surface area contributed by atoms with E-state index in [2.05, 4.69) is 0 Å². The average Bonchev–Trinajstić information content (AvgIpc) is 2.12. The van der Waals surface area contributed by atoms with E-state index in [1.54, 1.807) is 12.1 Å². The van der Waals surface area contributed by atoms with Gasteiger partial charge in [0.1, 0.15) is 5.82 Å². The lowest BCUT2D eigenvalue weighted by Gasteiger charge is -2.19. The summed E-state index contributed by atoms with van der Waals surface area (Å²) in [5, 5.41) is 0. The van der Waals surface area contributed by atoms with E-state index in [9.17, 15) is 9.18 Å². The van der Waals surface area contributed by atoms with Crippen molar-refractivity contribution in [1.82, 2.24) is 0 Å². The molecule has 0 aromatic heterocycles. The lowest BCUT2D eigenvalue weighted by molar-refractivity contribution is 0.0935. The molecule has 0 radical (unpaired) electrons. The van der Waals surface area contributed by atoms with Crippen molar-refractivity contribution in [2.75, 3.05) is 5.75 Å². The Morgan fingerprint density at radius 3 is 3.08 bits per heavy atom. The average molecular weight is 196 g/mol. The van der Waals surface area contributed by atoms with Gasteiger partial charge in [-0.05, 0) is 6.07 Å². The maximum absolute atomic E-state index is 13.2. The molecule has 13 heavy (non-hydrogen) atoms. The minimum atomic E-state index is -0.275. The van der Waals surface area contributed by atoms with E-state index in [1.807, 2.05) is 6.92 Å². The van der Waals surface area contributed by atoms with E-state index in [1.165, 1.54) is 17.8 Å². The molecule has 1 unspecified atom stereocenters. The van der Waals surface area contributed by atoms with Crippen LogP contribution in [-0.4, -0.2) is 11.5 Å². The van der Waals surface area contributed by atoms with Gasteiger partial charge in [-0.1, -0.05) is 19.1 Å². The molecule has 1 heterocycles. The third-order valence-corrected chi connectivity index (χ3v) is 3.53. The fraction of sp³-hybridized carbons (Fsp3) is 0.300. The summed E-state index contributed by atoms with van der Waals surface area (Å²) in [5.41, 5.74) is 0.545. The molecule has 0 amide bonds. The third kappa shape index (κ3) is 1.37. The number of thioether (sulfide) groups is 1. The molecule has 1 aliphatic heterocycles. The zero-order chi connectivity index (χ0) is 9.42. The Kier molecular flexibility index (Phi) is 2.12. The minimum absolute atomic E-state index is 0.0132. The van der Waals surface area contributed by atoms with Gasteiger partial charge in [-0.15, -0.1) is 11.8 Å². The van der Waals surface area contributed by atoms with Crippen molar-refractivity contribution >= 4 is 17.5 Å². The van der Waals surface area contributed by atoms with Gasteiger partial charge in [-0.25, -0.2) is 4.39 Å². The van der Waals surface area contributed by atoms with Crippen molar-refractivity contribution in [1.29, 1.82) is 0 Å². The molecule has 0 aliphatic carbocycles. The number of benzene rings is 1. The molecule has 0 bridgehead atoms. The number of hydrogen-bond donors (Lipinski definition) is 0. The summed E-state index contributed by atoms with van der Waals surface area (Å²) >= 11 is 1.43. The van der Waals surface area contributed by atoms with Crippen molar-refractivity contribution < 1.29 is 9.18 Å². The third-order valence-electron chi connectivity index (χ3n) is 2.16. The van der Waals surface area contributed by atoms with Gasteiger partial charge in [0.15, 0.2) is 5.78 Å². The largest absolute Gasteiger partial charge is 0.294 e. The van der Waals surface area contributed by atoms with Crippen LogP contribution in [0.4, 0.5) is 4.39 Å². The number of carbonyl (C=O) groups excluding carboxylic acids is 1. The smallest absolute Gasteiger partial charge is 0.167 e. The van der Waals surface area contributed by atoms with Crippen LogP contribution in [0.2, 0.25) is 0 Å². The highest BCUT2D eigenvalue weighted by atomic mass is 32.2. The van der Waals surface area contributed by atoms with Crippen LogP contribution in [0.25, 0.3) is 0 Å². The van der Waals surface area contributed by atoms with Crippen LogP contribution < -0.4 is 0 Å². The Hall–Kier alpha value is -0.830. The Balaban J connectivity index is 2.55. The van der Waals surface area contributed by atoms with E-state index < -0.39 is 0 Å². The molecule has 0 N–H and O–H groups in total. The maximum atomic E-state index is 13.2. The Morgan fingerprint density at radius 2 is 2.31 bits per heavy atom. The van der Waals surface area contributed by atoms with E-state index in [0.29, 0.717) is 16.2 Å². The summed E-state index contributed by atoms with van der Waals surface area (Å²) in [7, 11) is 0. The number of carbonyl (C=O) groups is 1. The van der Waals surface area contributed by atoms with Crippen LogP contribution in [-0.2, 0) is 0 Å². The highest BCUT2D eigenvalue weighted by molar-refractivity contribution is 7.99. The highest BCUT2D eigenvalue weighted by Crippen LogP contribution is 2.34. The molecule has 1 nitrogen and oxygen atoms in total. The molecule has 1 aromatic carbocycles. The van der Waals surface area contributed by atoms with Crippen LogP contribution in [0.3, 0.4) is 0 Å². The van der Waals surface area contributed by atoms with Crippen LogP contribution in [0, 0.1) is 11.7 Å². The number of Topliss-reactive ketones (excluding diaryl/α,β-unsaturated/α-hetero) is 1. The van der Waals surface area contributed by atoms with Gasteiger partial charge >= 0.3 is 0 Å². The first-order valence-electron chi connectivity index (χ1n) is 4.15. The molecule has 3 heteroatoms. The molecule has 1 aliphatic rings. The lowest BCUT2D eigenvalue weighted by Crippen LogP contribution is -2.19. The van der Waals surface area contributed by atoms with Crippen molar-refractivity contribution in [3.8, 4) is 0 Å². The van der Waals surface area contributed by atoms with E-state index in [4.69, 9.17) is 0 Å². The molecule has 0 fully saturated rings. The summed E-state index contributed by atoms with van der Waals surface area (Å²) in [6.07, 6.45) is 0. The fourth-order valence-electron chi connectivity index (χ4n) is 1.40. The number of hydrogen-bond acceptors (Lipinski definition) is 2. The first kappa shape index (κ1) is 8.75. The van der Waals surface area contributed by atoms with Crippen molar-refractivity contribution in [3.63, 3.8) is 0 Å². The summed E-state index contributed by atoms with van der Waals surface area (Å²) in [5.74, 6) is 0.488. The first-order valence-corrected chi connectivity index (χ1v) is 5.14. The maximum Gasteiger partial charge on any atom is 0.167 e. The molecular weight excluding hydrogens is 187 g/mol. The monoisotopic (exact) mass is 196 g/mol. The molecule has 68 valence electrons. The van der Waals surface area contributed by atoms with Gasteiger partial charge in [0.2, 0.25) is 0 Å². The Morgan fingerprint density at radius 1 is 1.54 bits per heavy atom. The zero-order valence-corrected chi connectivity index (χ0v) is 8.03. The van der Waals surface area contributed by atoms with Crippen LogP contribution >= 0.6 is 11.8 Å². The second-order valence-corrected chi connectivity index (χ2v) is 4.22.